The highest BCUT2D eigenvalue weighted by Gasteiger charge is 2.27. The fourth-order valence-electron chi connectivity index (χ4n) is 1.97. The summed E-state index contributed by atoms with van der Waals surface area (Å²) in [5, 5.41) is 0. The van der Waals surface area contributed by atoms with E-state index in [0.29, 0.717) is 13.0 Å². The van der Waals surface area contributed by atoms with Crippen LogP contribution in [-0.2, 0) is 9.53 Å². The molecule has 0 saturated carbocycles. The maximum Gasteiger partial charge on any atom is 0.224 e. The molecule has 0 aromatic heterocycles. The minimum absolute atomic E-state index is 0.210. The largest absolute Gasteiger partial charge is 0.384 e. The molecule has 1 amide bonds. The summed E-state index contributed by atoms with van der Waals surface area (Å²) in [6.07, 6.45) is 0.506. The molecule has 0 spiro atoms. The second-order valence-corrected chi connectivity index (χ2v) is 5.28. The van der Waals surface area contributed by atoms with Crippen molar-refractivity contribution >= 4 is 5.91 Å². The van der Waals surface area contributed by atoms with Crippen molar-refractivity contribution in [2.45, 2.75) is 32.7 Å². The topological polar surface area (TPSA) is 32.8 Å². The van der Waals surface area contributed by atoms with Crippen molar-refractivity contribution in [3.05, 3.63) is 0 Å². The Hall–Kier alpha value is -0.610. The SMILES string of the molecule is COCCC(=O)N1CCN(C(C)(C)C)CC1. The zero-order valence-corrected chi connectivity index (χ0v) is 11.0. The second-order valence-electron chi connectivity index (χ2n) is 5.28. The fraction of sp³-hybridized carbons (Fsp3) is 0.917. The quantitative estimate of drug-likeness (QED) is 0.721. The van der Waals surface area contributed by atoms with Gasteiger partial charge in [-0.25, -0.2) is 0 Å². The van der Waals surface area contributed by atoms with Crippen LogP contribution in [0.5, 0.6) is 0 Å². The van der Waals surface area contributed by atoms with Crippen LogP contribution in [0, 0.1) is 0 Å². The molecule has 0 aliphatic carbocycles. The summed E-state index contributed by atoms with van der Waals surface area (Å²) in [4.78, 5) is 16.1. The predicted molar refractivity (Wildman–Crippen MR) is 64.4 cm³/mol. The average molecular weight is 228 g/mol. The minimum atomic E-state index is 0.210. The lowest BCUT2D eigenvalue weighted by molar-refractivity contribution is -0.134. The number of carbonyl (C=O) groups is 1. The highest BCUT2D eigenvalue weighted by molar-refractivity contribution is 5.76. The van der Waals surface area contributed by atoms with E-state index in [2.05, 4.69) is 25.7 Å². The monoisotopic (exact) mass is 228 g/mol. The molecule has 0 atom stereocenters. The van der Waals surface area contributed by atoms with E-state index < -0.39 is 0 Å². The van der Waals surface area contributed by atoms with Crippen molar-refractivity contribution in [1.29, 1.82) is 0 Å². The predicted octanol–water partition coefficient (Wildman–Crippen LogP) is 0.966. The molecule has 0 N–H and O–H groups in total. The van der Waals surface area contributed by atoms with Crippen LogP contribution in [0.3, 0.4) is 0 Å². The van der Waals surface area contributed by atoms with Gasteiger partial charge in [0, 0.05) is 38.8 Å². The molecular weight excluding hydrogens is 204 g/mol. The van der Waals surface area contributed by atoms with Crippen LogP contribution in [0.2, 0.25) is 0 Å². The van der Waals surface area contributed by atoms with Gasteiger partial charge in [0.25, 0.3) is 0 Å². The second kappa shape index (κ2) is 5.64. The lowest BCUT2D eigenvalue weighted by atomic mass is 10.0. The summed E-state index contributed by atoms with van der Waals surface area (Å²) in [5.41, 5.74) is 0.210. The first kappa shape index (κ1) is 13.5. The van der Waals surface area contributed by atoms with E-state index >= 15 is 0 Å². The van der Waals surface area contributed by atoms with Crippen molar-refractivity contribution in [3.8, 4) is 0 Å². The number of carbonyl (C=O) groups excluding carboxylic acids is 1. The molecule has 0 radical (unpaired) electrons. The molecule has 16 heavy (non-hydrogen) atoms. The highest BCUT2D eigenvalue weighted by Crippen LogP contribution is 2.16. The molecule has 1 heterocycles. The van der Waals surface area contributed by atoms with Crippen molar-refractivity contribution < 1.29 is 9.53 Å². The molecule has 4 heteroatoms. The summed E-state index contributed by atoms with van der Waals surface area (Å²) in [6.45, 7) is 10.8. The van der Waals surface area contributed by atoms with Crippen LogP contribution in [0.1, 0.15) is 27.2 Å². The number of nitrogens with zero attached hydrogens (tertiary/aromatic N) is 2. The van der Waals surface area contributed by atoms with E-state index in [0.717, 1.165) is 26.2 Å². The molecular formula is C12H24N2O2. The summed E-state index contributed by atoms with van der Waals surface area (Å²) in [7, 11) is 1.63. The third kappa shape index (κ3) is 3.76. The van der Waals surface area contributed by atoms with Crippen molar-refractivity contribution in [2.75, 3.05) is 39.9 Å². The molecule has 1 fully saturated rings. The van der Waals surface area contributed by atoms with Gasteiger partial charge in [0.15, 0.2) is 0 Å². The van der Waals surface area contributed by atoms with Crippen LogP contribution in [0.25, 0.3) is 0 Å². The van der Waals surface area contributed by atoms with Gasteiger partial charge < -0.3 is 9.64 Å². The Labute approximate surface area is 98.5 Å². The van der Waals surface area contributed by atoms with Crippen LogP contribution in [-0.4, -0.2) is 61.1 Å². The number of amides is 1. The summed E-state index contributed by atoms with van der Waals surface area (Å²) in [5.74, 6) is 0.218. The van der Waals surface area contributed by atoms with E-state index in [4.69, 9.17) is 4.74 Å². The molecule has 1 rings (SSSR count). The van der Waals surface area contributed by atoms with Gasteiger partial charge in [0.2, 0.25) is 5.91 Å². The summed E-state index contributed by atoms with van der Waals surface area (Å²) in [6, 6.07) is 0. The van der Waals surface area contributed by atoms with E-state index in [9.17, 15) is 4.79 Å². The van der Waals surface area contributed by atoms with E-state index in [1.807, 2.05) is 4.90 Å². The van der Waals surface area contributed by atoms with Crippen LogP contribution in [0.4, 0.5) is 0 Å². The maximum absolute atomic E-state index is 11.7. The van der Waals surface area contributed by atoms with Gasteiger partial charge in [-0.15, -0.1) is 0 Å². The van der Waals surface area contributed by atoms with Crippen molar-refractivity contribution in [3.63, 3.8) is 0 Å². The van der Waals surface area contributed by atoms with E-state index in [1.165, 1.54) is 0 Å². The fourth-order valence-corrected chi connectivity index (χ4v) is 1.97. The number of piperazine rings is 1. The molecule has 1 aliphatic heterocycles. The number of hydrogen-bond acceptors (Lipinski definition) is 3. The number of methoxy groups -OCH3 is 1. The Morgan fingerprint density at radius 2 is 1.75 bits per heavy atom. The van der Waals surface area contributed by atoms with Crippen LogP contribution in [0.15, 0.2) is 0 Å². The van der Waals surface area contributed by atoms with Crippen molar-refractivity contribution in [2.24, 2.45) is 0 Å². The van der Waals surface area contributed by atoms with Gasteiger partial charge in [0.05, 0.1) is 13.0 Å². The van der Waals surface area contributed by atoms with Crippen LogP contribution >= 0.6 is 0 Å². The van der Waals surface area contributed by atoms with Gasteiger partial charge in [-0.2, -0.15) is 0 Å². The van der Waals surface area contributed by atoms with Gasteiger partial charge >= 0.3 is 0 Å². The third-order valence-corrected chi connectivity index (χ3v) is 3.10. The molecule has 1 aliphatic rings. The summed E-state index contributed by atoms with van der Waals surface area (Å²) >= 11 is 0. The average Bonchev–Trinajstić information content (AvgIpc) is 2.25. The lowest BCUT2D eigenvalue weighted by Crippen LogP contribution is -2.54. The molecule has 94 valence electrons. The van der Waals surface area contributed by atoms with Gasteiger partial charge in [0.1, 0.15) is 0 Å². The third-order valence-electron chi connectivity index (χ3n) is 3.10. The minimum Gasteiger partial charge on any atom is -0.384 e. The molecule has 0 bridgehead atoms. The van der Waals surface area contributed by atoms with E-state index in [-0.39, 0.29) is 11.4 Å². The standard InChI is InChI=1S/C12H24N2O2/c1-12(2,3)14-8-6-13(7-9-14)11(15)5-10-16-4/h5-10H2,1-4H3. The lowest BCUT2D eigenvalue weighted by Gasteiger charge is -2.42. The molecule has 0 unspecified atom stereocenters. The normalized spacial score (nSPS) is 18.9. The molecule has 0 aromatic carbocycles. The molecule has 0 aromatic rings. The number of hydrogen-bond donors (Lipinski definition) is 0. The zero-order chi connectivity index (χ0) is 12.2. The Kier molecular flexibility index (Phi) is 4.74. The molecule has 1 saturated heterocycles. The smallest absolute Gasteiger partial charge is 0.224 e. The highest BCUT2D eigenvalue weighted by atomic mass is 16.5. The first-order valence-electron chi connectivity index (χ1n) is 5.97. The Bertz CT molecular complexity index is 228. The van der Waals surface area contributed by atoms with Gasteiger partial charge in [-0.1, -0.05) is 0 Å². The first-order chi connectivity index (χ1) is 7.45. The first-order valence-corrected chi connectivity index (χ1v) is 5.97. The van der Waals surface area contributed by atoms with Crippen molar-refractivity contribution in [1.82, 2.24) is 9.80 Å². The maximum atomic E-state index is 11.7. The Morgan fingerprint density at radius 1 is 1.19 bits per heavy atom. The van der Waals surface area contributed by atoms with E-state index in [1.54, 1.807) is 7.11 Å². The summed E-state index contributed by atoms with van der Waals surface area (Å²) < 4.78 is 4.92. The zero-order valence-electron chi connectivity index (χ0n) is 11.0. The Morgan fingerprint density at radius 3 is 2.19 bits per heavy atom. The van der Waals surface area contributed by atoms with Crippen LogP contribution < -0.4 is 0 Å². The Balaban J connectivity index is 2.34. The van der Waals surface area contributed by atoms with Gasteiger partial charge in [-0.3, -0.25) is 9.69 Å². The number of rotatable bonds is 3. The number of ether oxygens (including phenoxy) is 1. The van der Waals surface area contributed by atoms with Gasteiger partial charge in [-0.05, 0) is 20.8 Å². The molecule has 4 nitrogen and oxygen atoms in total.